The quantitative estimate of drug-likeness (QED) is 0.670. The van der Waals surface area contributed by atoms with E-state index in [4.69, 9.17) is 17.3 Å². The second-order valence-electron chi connectivity index (χ2n) is 2.75. The van der Waals surface area contributed by atoms with Crippen LogP contribution in [0.25, 0.3) is 11.0 Å². The lowest BCUT2D eigenvalue weighted by atomic mass is 10.3. The number of fused-ring (bicyclic) bond motifs is 1. The molecule has 0 radical (unpaired) electrons. The number of nitrogens with zero attached hydrogens (tertiary/aromatic N) is 1. The first kappa shape index (κ1) is 8.83. The number of aromatic nitrogens is 2. The second-order valence-corrected chi connectivity index (χ2v) is 3.11. The van der Waals surface area contributed by atoms with Gasteiger partial charge in [-0.3, -0.25) is 0 Å². The van der Waals surface area contributed by atoms with Crippen molar-refractivity contribution in [3.63, 3.8) is 0 Å². The van der Waals surface area contributed by atoms with Crippen molar-refractivity contribution in [1.29, 1.82) is 0 Å². The summed E-state index contributed by atoms with van der Waals surface area (Å²) in [5.41, 5.74) is 7.07. The number of urea groups is 1. The number of H-pyrrole nitrogens is 1. The van der Waals surface area contributed by atoms with Crippen LogP contribution in [-0.2, 0) is 0 Å². The largest absolute Gasteiger partial charge is 0.351 e. The third kappa shape index (κ3) is 1.62. The maximum absolute atomic E-state index is 10.6. The standard InChI is InChI=1S/C8H7ClN4O/c9-7-12-5-2-1-4(11-8(10)14)3-6(5)13-7/h1-3H,(H,12,13)(H3,10,11,14). The molecule has 0 saturated heterocycles. The molecule has 2 amide bonds. The fourth-order valence-electron chi connectivity index (χ4n) is 1.20. The highest BCUT2D eigenvalue weighted by Gasteiger charge is 2.02. The van der Waals surface area contributed by atoms with Crippen molar-refractivity contribution in [2.45, 2.75) is 0 Å². The number of carbonyl (C=O) groups is 1. The first-order valence-corrected chi connectivity index (χ1v) is 4.24. The van der Waals surface area contributed by atoms with Crippen LogP contribution in [0.3, 0.4) is 0 Å². The summed E-state index contributed by atoms with van der Waals surface area (Å²) >= 11 is 5.66. The third-order valence-electron chi connectivity index (χ3n) is 1.72. The normalized spacial score (nSPS) is 10.4. The molecule has 5 nitrogen and oxygen atoms in total. The van der Waals surface area contributed by atoms with E-state index in [0.29, 0.717) is 11.0 Å². The van der Waals surface area contributed by atoms with E-state index in [1.807, 2.05) is 0 Å². The number of imidazole rings is 1. The summed E-state index contributed by atoms with van der Waals surface area (Å²) in [6.45, 7) is 0. The zero-order valence-corrected chi connectivity index (χ0v) is 7.80. The molecule has 72 valence electrons. The summed E-state index contributed by atoms with van der Waals surface area (Å²) < 4.78 is 0. The van der Waals surface area contributed by atoms with Crippen molar-refractivity contribution in [3.8, 4) is 0 Å². The molecule has 0 fully saturated rings. The van der Waals surface area contributed by atoms with Gasteiger partial charge >= 0.3 is 6.03 Å². The summed E-state index contributed by atoms with van der Waals surface area (Å²) in [5, 5.41) is 2.77. The number of primary amides is 1. The fraction of sp³-hybridized carbons (Fsp3) is 0. The van der Waals surface area contributed by atoms with Gasteiger partial charge in [-0.1, -0.05) is 0 Å². The zero-order valence-electron chi connectivity index (χ0n) is 7.04. The molecule has 1 aromatic heterocycles. The van der Waals surface area contributed by atoms with Crippen LogP contribution < -0.4 is 11.1 Å². The molecule has 14 heavy (non-hydrogen) atoms. The van der Waals surface area contributed by atoms with E-state index in [-0.39, 0.29) is 0 Å². The predicted molar refractivity (Wildman–Crippen MR) is 54.3 cm³/mol. The minimum atomic E-state index is -0.602. The number of anilines is 1. The first-order chi connectivity index (χ1) is 6.65. The number of carbonyl (C=O) groups excluding carboxylic acids is 1. The maximum Gasteiger partial charge on any atom is 0.316 e. The van der Waals surface area contributed by atoms with Crippen LogP contribution in [0.2, 0.25) is 5.28 Å². The maximum atomic E-state index is 10.6. The first-order valence-electron chi connectivity index (χ1n) is 3.87. The van der Waals surface area contributed by atoms with Gasteiger partial charge < -0.3 is 16.0 Å². The van der Waals surface area contributed by atoms with Gasteiger partial charge in [-0.25, -0.2) is 9.78 Å². The van der Waals surface area contributed by atoms with Crippen molar-refractivity contribution in [1.82, 2.24) is 9.97 Å². The van der Waals surface area contributed by atoms with Gasteiger partial charge in [-0.05, 0) is 29.8 Å². The molecule has 2 rings (SSSR count). The Labute approximate surface area is 84.3 Å². The van der Waals surface area contributed by atoms with Crippen LogP contribution in [0.1, 0.15) is 0 Å². The number of halogens is 1. The molecule has 0 spiro atoms. The van der Waals surface area contributed by atoms with E-state index in [9.17, 15) is 4.79 Å². The highest BCUT2D eigenvalue weighted by atomic mass is 35.5. The Morgan fingerprint density at radius 3 is 3.07 bits per heavy atom. The average molecular weight is 211 g/mol. The summed E-state index contributed by atoms with van der Waals surface area (Å²) in [5.74, 6) is 0. The minimum absolute atomic E-state index is 0.316. The molecule has 0 aliphatic carbocycles. The Kier molecular flexibility index (Phi) is 2.01. The van der Waals surface area contributed by atoms with Crippen LogP contribution in [0, 0.1) is 0 Å². The summed E-state index contributed by atoms with van der Waals surface area (Å²) in [6.07, 6.45) is 0. The molecular weight excluding hydrogens is 204 g/mol. The molecular formula is C8H7ClN4O. The molecule has 6 heteroatoms. The molecule has 0 unspecified atom stereocenters. The van der Waals surface area contributed by atoms with Gasteiger partial charge in [0.1, 0.15) is 0 Å². The average Bonchev–Trinajstić information content (AvgIpc) is 2.42. The van der Waals surface area contributed by atoms with E-state index < -0.39 is 6.03 Å². The summed E-state index contributed by atoms with van der Waals surface area (Å²) in [4.78, 5) is 17.4. The lowest BCUT2D eigenvalue weighted by molar-refractivity contribution is 0.259. The van der Waals surface area contributed by atoms with Gasteiger partial charge in [0.05, 0.1) is 11.0 Å². The zero-order chi connectivity index (χ0) is 10.1. The molecule has 0 bridgehead atoms. The smallest absolute Gasteiger partial charge is 0.316 e. The van der Waals surface area contributed by atoms with Crippen LogP contribution in [-0.4, -0.2) is 16.0 Å². The number of aromatic amines is 1. The molecule has 0 aliphatic heterocycles. The number of rotatable bonds is 1. The molecule has 0 atom stereocenters. The molecule has 2 aromatic rings. The number of hydrogen-bond donors (Lipinski definition) is 3. The Morgan fingerprint density at radius 2 is 2.36 bits per heavy atom. The van der Waals surface area contributed by atoms with Gasteiger partial charge in [-0.15, -0.1) is 0 Å². The van der Waals surface area contributed by atoms with Crippen LogP contribution in [0.5, 0.6) is 0 Å². The Hall–Kier alpha value is -1.75. The number of amides is 2. The van der Waals surface area contributed by atoms with E-state index in [1.54, 1.807) is 18.2 Å². The molecule has 1 heterocycles. The number of benzene rings is 1. The van der Waals surface area contributed by atoms with Crippen LogP contribution in [0.4, 0.5) is 10.5 Å². The van der Waals surface area contributed by atoms with E-state index >= 15 is 0 Å². The van der Waals surface area contributed by atoms with Crippen LogP contribution in [0.15, 0.2) is 18.2 Å². The lowest BCUT2D eigenvalue weighted by Gasteiger charge is -1.99. The highest BCUT2D eigenvalue weighted by molar-refractivity contribution is 6.29. The number of nitrogens with two attached hydrogens (primary N) is 1. The minimum Gasteiger partial charge on any atom is -0.351 e. The van der Waals surface area contributed by atoms with E-state index in [2.05, 4.69) is 15.3 Å². The Morgan fingerprint density at radius 1 is 1.57 bits per heavy atom. The fourth-order valence-corrected chi connectivity index (χ4v) is 1.39. The lowest BCUT2D eigenvalue weighted by Crippen LogP contribution is -2.19. The van der Waals surface area contributed by atoms with Crippen molar-refractivity contribution >= 4 is 34.4 Å². The monoisotopic (exact) mass is 210 g/mol. The summed E-state index contributed by atoms with van der Waals surface area (Å²) in [7, 11) is 0. The Bertz CT molecular complexity index is 493. The molecule has 0 saturated carbocycles. The van der Waals surface area contributed by atoms with Crippen molar-refractivity contribution < 1.29 is 4.79 Å². The topological polar surface area (TPSA) is 83.8 Å². The molecule has 1 aromatic carbocycles. The number of nitrogens with one attached hydrogen (secondary N) is 2. The molecule has 4 N–H and O–H groups in total. The summed E-state index contributed by atoms with van der Waals surface area (Å²) in [6, 6.07) is 4.54. The van der Waals surface area contributed by atoms with Gasteiger partial charge in [0.2, 0.25) is 5.28 Å². The predicted octanol–water partition coefficient (Wildman–Crippen LogP) is 1.71. The van der Waals surface area contributed by atoms with Crippen molar-refractivity contribution in [3.05, 3.63) is 23.5 Å². The van der Waals surface area contributed by atoms with Crippen molar-refractivity contribution in [2.24, 2.45) is 5.73 Å². The number of hydrogen-bond acceptors (Lipinski definition) is 2. The SMILES string of the molecule is NC(=O)Nc1ccc2nc(Cl)[nH]c2c1. The second kappa shape index (κ2) is 3.19. The van der Waals surface area contributed by atoms with E-state index in [1.165, 1.54) is 0 Å². The highest BCUT2D eigenvalue weighted by Crippen LogP contribution is 2.18. The van der Waals surface area contributed by atoms with E-state index in [0.717, 1.165) is 11.0 Å². The Balaban J connectivity index is 2.45. The molecule has 0 aliphatic rings. The van der Waals surface area contributed by atoms with Gasteiger partial charge in [0.15, 0.2) is 0 Å². The van der Waals surface area contributed by atoms with Crippen molar-refractivity contribution in [2.75, 3.05) is 5.32 Å². The van der Waals surface area contributed by atoms with Crippen LogP contribution >= 0.6 is 11.6 Å². The van der Waals surface area contributed by atoms with Gasteiger partial charge in [0, 0.05) is 5.69 Å². The third-order valence-corrected chi connectivity index (χ3v) is 1.90. The van der Waals surface area contributed by atoms with Gasteiger partial charge in [0.25, 0.3) is 0 Å². The van der Waals surface area contributed by atoms with Gasteiger partial charge in [-0.2, -0.15) is 0 Å².